The molecule has 5 nitrogen and oxygen atoms in total. The minimum atomic E-state index is -3.55. The third kappa shape index (κ3) is 3.57. The van der Waals surface area contributed by atoms with Crippen LogP contribution in [-0.2, 0) is 10.0 Å². The van der Waals surface area contributed by atoms with Crippen LogP contribution in [0, 0.1) is 24.2 Å². The van der Waals surface area contributed by atoms with Gasteiger partial charge in [-0.05, 0) is 56.5 Å². The van der Waals surface area contributed by atoms with Crippen LogP contribution in [0.15, 0.2) is 23.1 Å². The predicted octanol–water partition coefficient (Wildman–Crippen LogP) is 1.14. The quantitative estimate of drug-likeness (QED) is 0.872. The predicted molar refractivity (Wildman–Crippen MR) is 76.7 cm³/mol. The van der Waals surface area contributed by atoms with E-state index in [-0.39, 0.29) is 4.90 Å². The van der Waals surface area contributed by atoms with Crippen molar-refractivity contribution in [1.29, 1.82) is 5.26 Å². The highest BCUT2D eigenvalue weighted by Gasteiger charge is 2.20. The largest absolute Gasteiger partial charge is 0.316 e. The molecule has 1 aliphatic rings. The van der Waals surface area contributed by atoms with Gasteiger partial charge >= 0.3 is 0 Å². The van der Waals surface area contributed by atoms with Crippen LogP contribution in [-0.4, -0.2) is 28.1 Å². The molecule has 20 heavy (non-hydrogen) atoms. The average molecular weight is 293 g/mol. The molecule has 1 aliphatic heterocycles. The summed E-state index contributed by atoms with van der Waals surface area (Å²) in [5.41, 5.74) is 1.01. The first-order chi connectivity index (χ1) is 9.53. The highest BCUT2D eigenvalue weighted by atomic mass is 32.2. The lowest BCUT2D eigenvalue weighted by Gasteiger charge is -2.23. The van der Waals surface area contributed by atoms with Crippen molar-refractivity contribution in [2.45, 2.75) is 24.7 Å². The van der Waals surface area contributed by atoms with Gasteiger partial charge in [-0.15, -0.1) is 0 Å². The second-order valence-corrected chi connectivity index (χ2v) is 6.89. The number of nitriles is 1. The zero-order chi connectivity index (χ0) is 14.6. The maximum atomic E-state index is 12.3. The molecular formula is C14H19N3O2S. The summed E-state index contributed by atoms with van der Waals surface area (Å²) < 4.78 is 27.3. The second-order valence-electron chi connectivity index (χ2n) is 5.16. The molecule has 2 N–H and O–H groups in total. The van der Waals surface area contributed by atoms with Gasteiger partial charge in [-0.3, -0.25) is 0 Å². The molecule has 0 unspecified atom stereocenters. The number of hydrogen-bond donors (Lipinski definition) is 2. The zero-order valence-electron chi connectivity index (χ0n) is 11.5. The van der Waals surface area contributed by atoms with Crippen molar-refractivity contribution in [2.24, 2.45) is 5.92 Å². The zero-order valence-corrected chi connectivity index (χ0v) is 12.3. The minimum absolute atomic E-state index is 0.195. The van der Waals surface area contributed by atoms with E-state index in [0.29, 0.717) is 23.6 Å². The van der Waals surface area contributed by atoms with Gasteiger partial charge in [0.25, 0.3) is 0 Å². The second kappa shape index (κ2) is 6.35. The van der Waals surface area contributed by atoms with Gasteiger partial charge in [-0.25, -0.2) is 13.1 Å². The van der Waals surface area contributed by atoms with Gasteiger partial charge in [-0.1, -0.05) is 6.07 Å². The first-order valence-corrected chi connectivity index (χ1v) is 8.22. The normalized spacial score (nSPS) is 19.5. The smallest absolute Gasteiger partial charge is 0.240 e. The summed E-state index contributed by atoms with van der Waals surface area (Å²) >= 11 is 0. The van der Waals surface area contributed by atoms with E-state index in [9.17, 15) is 8.42 Å². The first-order valence-electron chi connectivity index (χ1n) is 6.74. The number of aryl methyl sites for hydroxylation is 1. The third-order valence-electron chi connectivity index (χ3n) is 3.57. The van der Waals surface area contributed by atoms with Crippen molar-refractivity contribution >= 4 is 10.0 Å². The van der Waals surface area contributed by atoms with Gasteiger partial charge in [0.2, 0.25) is 10.0 Å². The molecular weight excluding hydrogens is 274 g/mol. The highest BCUT2D eigenvalue weighted by molar-refractivity contribution is 7.89. The summed E-state index contributed by atoms with van der Waals surface area (Å²) in [6, 6.07) is 6.68. The summed E-state index contributed by atoms with van der Waals surface area (Å²) in [6.45, 7) is 4.02. The topological polar surface area (TPSA) is 82.0 Å². The lowest BCUT2D eigenvalue weighted by atomic mass is 10.0. The van der Waals surface area contributed by atoms with E-state index < -0.39 is 10.0 Å². The van der Waals surface area contributed by atoms with Crippen LogP contribution in [0.3, 0.4) is 0 Å². The number of piperidine rings is 1. The van der Waals surface area contributed by atoms with Crippen LogP contribution in [0.25, 0.3) is 0 Å². The van der Waals surface area contributed by atoms with E-state index in [1.165, 1.54) is 6.07 Å². The fraction of sp³-hybridized carbons (Fsp3) is 0.500. The van der Waals surface area contributed by atoms with Crippen molar-refractivity contribution in [2.75, 3.05) is 19.6 Å². The third-order valence-corrected chi connectivity index (χ3v) is 5.13. The number of rotatable bonds is 4. The van der Waals surface area contributed by atoms with Gasteiger partial charge < -0.3 is 5.32 Å². The number of benzene rings is 1. The van der Waals surface area contributed by atoms with Crippen molar-refractivity contribution in [3.8, 4) is 6.07 Å². The molecule has 1 atom stereocenters. The Bertz CT molecular complexity index is 614. The standard InChI is InChI=1S/C14H19N3O2S/c1-11-4-5-12(8-15)7-14(11)20(18,19)17-10-13-3-2-6-16-9-13/h4-5,7,13,16-17H,2-3,6,9-10H2,1H3/t13-/m1/s1. The van der Waals surface area contributed by atoms with Gasteiger partial charge in [0.15, 0.2) is 0 Å². The monoisotopic (exact) mass is 293 g/mol. The molecule has 1 aromatic rings. The van der Waals surface area contributed by atoms with Gasteiger partial charge in [0.05, 0.1) is 16.5 Å². The van der Waals surface area contributed by atoms with Gasteiger partial charge in [0, 0.05) is 6.54 Å². The van der Waals surface area contributed by atoms with Crippen LogP contribution >= 0.6 is 0 Å². The molecule has 1 aromatic carbocycles. The molecule has 0 saturated carbocycles. The summed E-state index contributed by atoms with van der Waals surface area (Å²) in [5, 5.41) is 12.1. The van der Waals surface area contributed by atoms with E-state index in [2.05, 4.69) is 10.0 Å². The lowest BCUT2D eigenvalue weighted by Crippen LogP contribution is -2.38. The number of nitrogens with zero attached hydrogens (tertiary/aromatic N) is 1. The van der Waals surface area contributed by atoms with Crippen molar-refractivity contribution in [3.63, 3.8) is 0 Å². The molecule has 0 amide bonds. The van der Waals surface area contributed by atoms with Crippen molar-refractivity contribution < 1.29 is 8.42 Å². The van der Waals surface area contributed by atoms with Gasteiger partial charge in [0.1, 0.15) is 0 Å². The van der Waals surface area contributed by atoms with Gasteiger partial charge in [-0.2, -0.15) is 5.26 Å². The molecule has 108 valence electrons. The molecule has 0 aliphatic carbocycles. The van der Waals surface area contributed by atoms with E-state index >= 15 is 0 Å². The van der Waals surface area contributed by atoms with E-state index in [1.807, 2.05) is 6.07 Å². The molecule has 0 spiro atoms. The Morgan fingerprint density at radius 3 is 2.95 bits per heavy atom. The average Bonchev–Trinajstić information content (AvgIpc) is 2.47. The summed E-state index contributed by atoms with van der Waals surface area (Å²) in [6.07, 6.45) is 2.11. The Morgan fingerprint density at radius 1 is 1.50 bits per heavy atom. The maximum absolute atomic E-state index is 12.3. The first kappa shape index (κ1) is 15.0. The number of sulfonamides is 1. The molecule has 0 aromatic heterocycles. The summed E-state index contributed by atoms with van der Waals surface area (Å²) in [7, 11) is -3.55. The molecule has 0 bridgehead atoms. The van der Waals surface area contributed by atoms with Crippen molar-refractivity contribution in [3.05, 3.63) is 29.3 Å². The minimum Gasteiger partial charge on any atom is -0.316 e. The van der Waals surface area contributed by atoms with Crippen LogP contribution < -0.4 is 10.0 Å². The Labute approximate surface area is 120 Å². The fourth-order valence-corrected chi connectivity index (χ4v) is 3.75. The lowest BCUT2D eigenvalue weighted by molar-refractivity contribution is 0.376. The Hall–Kier alpha value is -1.42. The van der Waals surface area contributed by atoms with Crippen LogP contribution in [0.5, 0.6) is 0 Å². The van der Waals surface area contributed by atoms with Crippen LogP contribution in [0.4, 0.5) is 0 Å². The van der Waals surface area contributed by atoms with E-state index in [1.54, 1.807) is 19.1 Å². The number of nitrogens with one attached hydrogen (secondary N) is 2. The maximum Gasteiger partial charge on any atom is 0.240 e. The Balaban J connectivity index is 2.11. The summed E-state index contributed by atoms with van der Waals surface area (Å²) in [4.78, 5) is 0.195. The van der Waals surface area contributed by atoms with E-state index in [4.69, 9.17) is 5.26 Å². The molecule has 1 saturated heterocycles. The molecule has 1 heterocycles. The highest BCUT2D eigenvalue weighted by Crippen LogP contribution is 2.17. The molecule has 1 fully saturated rings. The van der Waals surface area contributed by atoms with E-state index in [0.717, 1.165) is 25.9 Å². The molecule has 0 radical (unpaired) electrons. The Morgan fingerprint density at radius 2 is 2.30 bits per heavy atom. The van der Waals surface area contributed by atoms with Crippen LogP contribution in [0.2, 0.25) is 0 Å². The summed E-state index contributed by atoms with van der Waals surface area (Å²) in [5.74, 6) is 0.331. The van der Waals surface area contributed by atoms with Crippen LogP contribution in [0.1, 0.15) is 24.0 Å². The SMILES string of the molecule is Cc1ccc(C#N)cc1S(=O)(=O)NC[C@@H]1CCCNC1. The number of hydrogen-bond acceptors (Lipinski definition) is 4. The Kier molecular flexibility index (Phi) is 4.76. The fourth-order valence-electron chi connectivity index (χ4n) is 2.36. The molecule has 6 heteroatoms. The molecule has 2 rings (SSSR count). The van der Waals surface area contributed by atoms with Crippen molar-refractivity contribution in [1.82, 2.24) is 10.0 Å².